The predicted molar refractivity (Wildman–Crippen MR) is 106 cm³/mol. The Balaban J connectivity index is 1.81. The number of halogens is 6. The lowest BCUT2D eigenvalue weighted by atomic mass is 9.82. The highest BCUT2D eigenvalue weighted by atomic mass is 19.4. The van der Waals surface area contributed by atoms with Crippen LogP contribution in [-0.2, 0) is 28.4 Å². The van der Waals surface area contributed by atoms with E-state index in [1.165, 1.54) is 25.3 Å². The largest absolute Gasteiger partial charge is 0.469 e. The number of rotatable bonds is 5. The topological polar surface area (TPSA) is 29.5 Å². The average Bonchev–Trinajstić information content (AvgIpc) is 2.72. The van der Waals surface area contributed by atoms with Crippen molar-refractivity contribution in [1.29, 1.82) is 0 Å². The molecule has 0 amide bonds. The number of hydrogen-bond donors (Lipinski definition) is 0. The van der Waals surface area contributed by atoms with E-state index >= 15 is 0 Å². The first kappa shape index (κ1) is 24.1. The van der Waals surface area contributed by atoms with Gasteiger partial charge in [0.15, 0.2) is 0 Å². The zero-order valence-corrected chi connectivity index (χ0v) is 17.3. The molecule has 1 aliphatic rings. The average molecular weight is 459 g/mol. The Morgan fingerprint density at radius 2 is 1.62 bits per heavy atom. The molecule has 0 saturated carbocycles. The summed E-state index contributed by atoms with van der Waals surface area (Å²) in [6.45, 7) is 1.25. The zero-order valence-electron chi connectivity index (χ0n) is 17.3. The lowest BCUT2D eigenvalue weighted by Gasteiger charge is -2.38. The molecule has 1 fully saturated rings. The van der Waals surface area contributed by atoms with E-state index in [1.54, 1.807) is 6.07 Å². The van der Waals surface area contributed by atoms with E-state index in [2.05, 4.69) is 0 Å². The number of carbonyl (C=O) groups is 1. The van der Waals surface area contributed by atoms with Crippen LogP contribution in [0.2, 0.25) is 0 Å². The molecular formula is C23H23F6NO2. The van der Waals surface area contributed by atoms with Crippen molar-refractivity contribution in [2.75, 3.05) is 20.2 Å². The fourth-order valence-electron chi connectivity index (χ4n) is 4.17. The molecule has 9 heteroatoms. The Labute approximate surface area is 182 Å². The molecule has 1 heterocycles. The molecule has 0 N–H and O–H groups in total. The van der Waals surface area contributed by atoms with E-state index in [-0.39, 0.29) is 18.3 Å². The second-order valence-electron chi connectivity index (χ2n) is 8.09. The highest BCUT2D eigenvalue weighted by Crippen LogP contribution is 2.36. The van der Waals surface area contributed by atoms with Crippen molar-refractivity contribution in [1.82, 2.24) is 4.90 Å². The van der Waals surface area contributed by atoms with Crippen molar-refractivity contribution < 1.29 is 35.9 Å². The van der Waals surface area contributed by atoms with Gasteiger partial charge in [-0.15, -0.1) is 0 Å². The molecule has 1 saturated heterocycles. The van der Waals surface area contributed by atoms with Gasteiger partial charge in [0, 0.05) is 26.1 Å². The van der Waals surface area contributed by atoms with Crippen LogP contribution >= 0.6 is 0 Å². The minimum atomic E-state index is -4.46. The van der Waals surface area contributed by atoms with Gasteiger partial charge >= 0.3 is 18.3 Å². The lowest BCUT2D eigenvalue weighted by Crippen LogP contribution is -2.40. The minimum absolute atomic E-state index is 0.121. The summed E-state index contributed by atoms with van der Waals surface area (Å²) in [5.74, 6) is -0.811. The maximum absolute atomic E-state index is 13.2. The molecule has 2 aromatic rings. The predicted octanol–water partition coefficient (Wildman–Crippen LogP) is 5.89. The quantitative estimate of drug-likeness (QED) is 0.412. The molecule has 2 atom stereocenters. The van der Waals surface area contributed by atoms with Crippen molar-refractivity contribution >= 4 is 5.97 Å². The van der Waals surface area contributed by atoms with Crippen LogP contribution in [0.15, 0.2) is 48.5 Å². The van der Waals surface area contributed by atoms with Gasteiger partial charge in [0.25, 0.3) is 0 Å². The van der Waals surface area contributed by atoms with Crippen molar-refractivity contribution in [3.63, 3.8) is 0 Å². The van der Waals surface area contributed by atoms with E-state index in [0.29, 0.717) is 37.2 Å². The van der Waals surface area contributed by atoms with E-state index in [1.807, 2.05) is 4.90 Å². The van der Waals surface area contributed by atoms with Crippen molar-refractivity contribution in [3.8, 4) is 0 Å². The first-order valence-corrected chi connectivity index (χ1v) is 10.1. The summed E-state index contributed by atoms with van der Waals surface area (Å²) in [7, 11) is 1.27. The van der Waals surface area contributed by atoms with Crippen LogP contribution in [0.5, 0.6) is 0 Å². The van der Waals surface area contributed by atoms with Gasteiger partial charge in [-0.25, -0.2) is 0 Å². The first-order chi connectivity index (χ1) is 15.0. The van der Waals surface area contributed by atoms with Crippen LogP contribution in [0.4, 0.5) is 26.3 Å². The number of alkyl halides is 6. The van der Waals surface area contributed by atoms with Gasteiger partial charge in [-0.1, -0.05) is 30.3 Å². The van der Waals surface area contributed by atoms with Crippen LogP contribution in [0.1, 0.15) is 41.0 Å². The molecule has 2 unspecified atom stereocenters. The van der Waals surface area contributed by atoms with Crippen molar-refractivity contribution in [2.45, 2.75) is 37.7 Å². The summed E-state index contributed by atoms with van der Waals surface area (Å²) < 4.78 is 82.6. The van der Waals surface area contributed by atoms with Gasteiger partial charge in [-0.3, -0.25) is 9.69 Å². The molecule has 0 radical (unpaired) electrons. The molecule has 3 nitrogen and oxygen atoms in total. The van der Waals surface area contributed by atoms with Gasteiger partial charge in [0.05, 0.1) is 18.2 Å². The number of piperidine rings is 1. The molecule has 0 bridgehead atoms. The summed E-state index contributed by atoms with van der Waals surface area (Å²) in [6.07, 6.45) is -8.25. The number of hydrogen-bond acceptors (Lipinski definition) is 3. The van der Waals surface area contributed by atoms with Crippen LogP contribution in [0.25, 0.3) is 0 Å². The fraction of sp³-hybridized carbons (Fsp3) is 0.435. The summed E-state index contributed by atoms with van der Waals surface area (Å²) in [6, 6.07) is 9.95. The highest BCUT2D eigenvalue weighted by molar-refractivity contribution is 5.69. The Morgan fingerprint density at radius 1 is 0.969 bits per heavy atom. The van der Waals surface area contributed by atoms with E-state index in [4.69, 9.17) is 4.74 Å². The Bertz CT molecular complexity index is 923. The Morgan fingerprint density at radius 3 is 2.22 bits per heavy atom. The molecule has 0 aliphatic carbocycles. The van der Waals surface area contributed by atoms with E-state index in [9.17, 15) is 31.1 Å². The van der Waals surface area contributed by atoms with Gasteiger partial charge < -0.3 is 4.74 Å². The number of methoxy groups -OCH3 is 1. The molecule has 32 heavy (non-hydrogen) atoms. The number of likely N-dealkylation sites (tertiary alicyclic amines) is 1. The second kappa shape index (κ2) is 9.52. The van der Waals surface area contributed by atoms with Crippen LogP contribution in [-0.4, -0.2) is 31.1 Å². The Hall–Kier alpha value is -2.55. The maximum atomic E-state index is 13.2. The highest BCUT2D eigenvalue weighted by Gasteiger charge is 2.34. The Kier molecular flexibility index (Phi) is 7.17. The third kappa shape index (κ3) is 6.25. The molecule has 3 rings (SSSR count). The third-order valence-electron chi connectivity index (χ3n) is 5.67. The molecule has 0 spiro atoms. The van der Waals surface area contributed by atoms with Gasteiger partial charge in [-0.2, -0.15) is 26.3 Å². The normalized spacial score (nSPS) is 20.2. The molecular weight excluding hydrogens is 436 g/mol. The van der Waals surface area contributed by atoms with E-state index < -0.39 is 29.4 Å². The standard InChI is InChI=1S/C23H23F6NO2/c1-32-21(31)10-16-9-18(17-3-2-4-20(11-17)23(27,28)29)14-30(13-16)12-15-5-7-19(8-6-15)22(24,25)26/h2-8,11,16,18H,9-10,12-14H2,1H3. The first-order valence-electron chi connectivity index (χ1n) is 10.1. The maximum Gasteiger partial charge on any atom is 0.416 e. The van der Waals surface area contributed by atoms with Gasteiger partial charge in [-0.05, 0) is 47.6 Å². The number of nitrogens with zero attached hydrogens (tertiary/aromatic N) is 1. The second-order valence-corrected chi connectivity index (χ2v) is 8.09. The van der Waals surface area contributed by atoms with E-state index in [0.717, 1.165) is 24.3 Å². The number of carbonyl (C=O) groups excluding carboxylic acids is 1. The number of benzene rings is 2. The van der Waals surface area contributed by atoms with Gasteiger partial charge in [0.1, 0.15) is 0 Å². The molecule has 0 aromatic heterocycles. The fourth-order valence-corrected chi connectivity index (χ4v) is 4.17. The minimum Gasteiger partial charge on any atom is -0.469 e. The van der Waals surface area contributed by atoms with Crippen LogP contribution < -0.4 is 0 Å². The zero-order chi connectivity index (χ0) is 23.5. The third-order valence-corrected chi connectivity index (χ3v) is 5.67. The summed E-state index contributed by atoms with van der Waals surface area (Å²) in [5.41, 5.74) is -0.309. The van der Waals surface area contributed by atoms with Crippen LogP contribution in [0.3, 0.4) is 0 Å². The summed E-state index contributed by atoms with van der Waals surface area (Å²) in [4.78, 5) is 13.8. The number of ether oxygens (including phenoxy) is 1. The monoisotopic (exact) mass is 459 g/mol. The smallest absolute Gasteiger partial charge is 0.416 e. The molecule has 174 valence electrons. The van der Waals surface area contributed by atoms with Crippen molar-refractivity contribution in [2.24, 2.45) is 5.92 Å². The summed E-state index contributed by atoms with van der Waals surface area (Å²) in [5, 5.41) is 0. The molecule has 1 aliphatic heterocycles. The van der Waals surface area contributed by atoms with Crippen molar-refractivity contribution in [3.05, 3.63) is 70.8 Å². The summed E-state index contributed by atoms with van der Waals surface area (Å²) >= 11 is 0. The lowest BCUT2D eigenvalue weighted by molar-refractivity contribution is -0.142. The van der Waals surface area contributed by atoms with Gasteiger partial charge in [0.2, 0.25) is 0 Å². The SMILES string of the molecule is COC(=O)CC1CC(c2cccc(C(F)(F)F)c2)CN(Cc2ccc(C(F)(F)F)cc2)C1. The van der Waals surface area contributed by atoms with Crippen LogP contribution in [0, 0.1) is 5.92 Å². The number of esters is 1. The molecule has 2 aromatic carbocycles.